The van der Waals surface area contributed by atoms with Gasteiger partial charge in [0.05, 0.1) is 26.4 Å². The van der Waals surface area contributed by atoms with Gasteiger partial charge in [-0.15, -0.1) is 0 Å². The van der Waals surface area contributed by atoms with Gasteiger partial charge in [0.15, 0.2) is 0 Å². The van der Waals surface area contributed by atoms with Gasteiger partial charge in [-0.1, -0.05) is 0 Å². The van der Waals surface area contributed by atoms with Crippen LogP contribution in [0.25, 0.3) is 0 Å². The Morgan fingerprint density at radius 2 is 1.90 bits per heavy atom. The minimum Gasteiger partial charge on any atom is -0.378 e. The van der Waals surface area contributed by atoms with E-state index in [2.05, 4.69) is 5.32 Å². The van der Waals surface area contributed by atoms with Crippen molar-refractivity contribution in [1.29, 1.82) is 0 Å². The van der Waals surface area contributed by atoms with Crippen LogP contribution in [-0.4, -0.2) is 86.3 Å². The molecule has 2 saturated heterocycles. The highest BCUT2D eigenvalue weighted by molar-refractivity contribution is 5.82. The second-order valence-corrected chi connectivity index (χ2v) is 5.75. The first-order chi connectivity index (χ1) is 10.1. The van der Waals surface area contributed by atoms with E-state index in [-0.39, 0.29) is 17.9 Å². The first-order valence-corrected chi connectivity index (χ1v) is 7.56. The molecule has 0 aliphatic carbocycles. The van der Waals surface area contributed by atoms with Crippen LogP contribution in [0.2, 0.25) is 0 Å². The van der Waals surface area contributed by atoms with Crippen molar-refractivity contribution in [2.75, 3.05) is 52.5 Å². The van der Waals surface area contributed by atoms with Crippen molar-refractivity contribution in [3.63, 3.8) is 0 Å². The van der Waals surface area contributed by atoms with Crippen LogP contribution in [0, 0.1) is 0 Å². The van der Waals surface area contributed by atoms with E-state index in [0.29, 0.717) is 52.5 Å². The minimum atomic E-state index is -0.469. The monoisotopic (exact) mass is 299 g/mol. The first-order valence-electron chi connectivity index (χ1n) is 7.56. The zero-order chi connectivity index (χ0) is 15.2. The van der Waals surface area contributed by atoms with Crippen molar-refractivity contribution in [2.24, 2.45) is 0 Å². The molecular weight excluding hydrogens is 274 g/mol. The molecule has 21 heavy (non-hydrogen) atoms. The molecule has 0 aromatic rings. The van der Waals surface area contributed by atoms with E-state index in [4.69, 9.17) is 9.47 Å². The highest BCUT2D eigenvalue weighted by atomic mass is 16.5. The van der Waals surface area contributed by atoms with Crippen molar-refractivity contribution < 1.29 is 19.1 Å². The van der Waals surface area contributed by atoms with Gasteiger partial charge in [0.1, 0.15) is 6.10 Å². The molecule has 0 aromatic heterocycles. The maximum absolute atomic E-state index is 12.4. The molecule has 2 aliphatic rings. The van der Waals surface area contributed by atoms with Gasteiger partial charge in [-0.05, 0) is 13.8 Å². The third-order valence-electron chi connectivity index (χ3n) is 3.57. The minimum absolute atomic E-state index is 0.00673. The zero-order valence-corrected chi connectivity index (χ0v) is 12.8. The molecule has 2 aliphatic heterocycles. The Balaban J connectivity index is 1.82. The third-order valence-corrected chi connectivity index (χ3v) is 3.57. The molecule has 1 N–H and O–H groups in total. The number of nitrogens with one attached hydrogen (secondary N) is 1. The Hall–Kier alpha value is -1.18. The Labute approximate surface area is 125 Å². The lowest BCUT2D eigenvalue weighted by Crippen LogP contribution is -2.54. The summed E-state index contributed by atoms with van der Waals surface area (Å²) < 4.78 is 10.8. The summed E-state index contributed by atoms with van der Waals surface area (Å²) in [6.07, 6.45) is -0.469. The van der Waals surface area contributed by atoms with Crippen molar-refractivity contribution in [3.05, 3.63) is 0 Å². The van der Waals surface area contributed by atoms with Gasteiger partial charge in [-0.3, -0.25) is 14.5 Å². The van der Waals surface area contributed by atoms with Gasteiger partial charge in [-0.25, -0.2) is 0 Å². The summed E-state index contributed by atoms with van der Waals surface area (Å²) in [5.41, 5.74) is 0. The van der Waals surface area contributed by atoms with Crippen molar-refractivity contribution in [1.82, 2.24) is 15.1 Å². The van der Waals surface area contributed by atoms with E-state index < -0.39 is 6.10 Å². The largest absolute Gasteiger partial charge is 0.378 e. The van der Waals surface area contributed by atoms with E-state index in [9.17, 15) is 9.59 Å². The van der Waals surface area contributed by atoms with Gasteiger partial charge in [-0.2, -0.15) is 0 Å². The van der Waals surface area contributed by atoms with Crippen LogP contribution >= 0.6 is 0 Å². The van der Waals surface area contributed by atoms with Crippen LogP contribution in [-0.2, 0) is 19.1 Å². The Morgan fingerprint density at radius 3 is 2.57 bits per heavy atom. The number of nitrogens with zero attached hydrogens (tertiary/aromatic N) is 2. The molecule has 1 atom stereocenters. The molecule has 2 fully saturated rings. The summed E-state index contributed by atoms with van der Waals surface area (Å²) in [4.78, 5) is 27.9. The van der Waals surface area contributed by atoms with Crippen LogP contribution in [0.15, 0.2) is 0 Å². The van der Waals surface area contributed by atoms with E-state index in [1.165, 1.54) is 0 Å². The Morgan fingerprint density at radius 1 is 1.19 bits per heavy atom. The SMILES string of the molecule is CC(C)NC(=O)CN1CCOC(C(=O)N2CCOCC2)C1. The molecule has 7 heteroatoms. The van der Waals surface area contributed by atoms with E-state index in [1.54, 1.807) is 4.90 Å². The summed E-state index contributed by atoms with van der Waals surface area (Å²) in [6.45, 7) is 8.21. The standard InChI is InChI=1S/C14H25N3O4/c1-11(2)15-13(18)10-16-3-8-21-12(9-16)14(19)17-4-6-20-7-5-17/h11-12H,3-10H2,1-2H3,(H,15,18). The van der Waals surface area contributed by atoms with Gasteiger partial charge in [0, 0.05) is 32.2 Å². The van der Waals surface area contributed by atoms with E-state index in [1.807, 2.05) is 18.7 Å². The van der Waals surface area contributed by atoms with Crippen molar-refractivity contribution >= 4 is 11.8 Å². The van der Waals surface area contributed by atoms with Gasteiger partial charge in [0.25, 0.3) is 5.91 Å². The predicted molar refractivity (Wildman–Crippen MR) is 76.9 cm³/mol. The van der Waals surface area contributed by atoms with Crippen LogP contribution < -0.4 is 5.32 Å². The number of rotatable bonds is 4. The molecule has 120 valence electrons. The van der Waals surface area contributed by atoms with Crippen molar-refractivity contribution in [3.8, 4) is 0 Å². The second kappa shape index (κ2) is 7.72. The molecule has 2 rings (SSSR count). The van der Waals surface area contributed by atoms with Crippen LogP contribution in [0.5, 0.6) is 0 Å². The number of ether oxygens (including phenoxy) is 2. The molecule has 0 radical (unpaired) electrons. The van der Waals surface area contributed by atoms with Crippen LogP contribution in [0.4, 0.5) is 0 Å². The first kappa shape index (κ1) is 16.2. The maximum Gasteiger partial charge on any atom is 0.253 e. The zero-order valence-electron chi connectivity index (χ0n) is 12.8. The average Bonchev–Trinajstić information content (AvgIpc) is 2.46. The molecule has 0 saturated carbocycles. The quantitative estimate of drug-likeness (QED) is 0.726. The topological polar surface area (TPSA) is 71.1 Å². The van der Waals surface area contributed by atoms with Gasteiger partial charge in [0.2, 0.25) is 5.91 Å². The average molecular weight is 299 g/mol. The Kier molecular flexibility index (Phi) is 5.96. The molecule has 2 amide bonds. The summed E-state index contributed by atoms with van der Waals surface area (Å²) in [7, 11) is 0. The highest BCUT2D eigenvalue weighted by Gasteiger charge is 2.31. The number of hydrogen-bond donors (Lipinski definition) is 1. The number of amides is 2. The fraction of sp³-hybridized carbons (Fsp3) is 0.857. The lowest BCUT2D eigenvalue weighted by atomic mass is 10.2. The fourth-order valence-electron chi connectivity index (χ4n) is 2.55. The molecule has 0 spiro atoms. The summed E-state index contributed by atoms with van der Waals surface area (Å²) >= 11 is 0. The molecule has 7 nitrogen and oxygen atoms in total. The van der Waals surface area contributed by atoms with Crippen molar-refractivity contribution in [2.45, 2.75) is 26.0 Å². The summed E-state index contributed by atoms with van der Waals surface area (Å²) in [5.74, 6) is -0.00302. The predicted octanol–water partition coefficient (Wildman–Crippen LogP) is -0.929. The van der Waals surface area contributed by atoms with Gasteiger partial charge >= 0.3 is 0 Å². The third kappa shape index (κ3) is 4.94. The number of hydrogen-bond acceptors (Lipinski definition) is 5. The maximum atomic E-state index is 12.4. The lowest BCUT2D eigenvalue weighted by molar-refractivity contribution is -0.154. The molecule has 2 heterocycles. The molecular formula is C14H25N3O4. The number of carbonyl (C=O) groups is 2. The normalized spacial score (nSPS) is 24.1. The molecule has 0 bridgehead atoms. The highest BCUT2D eigenvalue weighted by Crippen LogP contribution is 2.10. The molecule has 0 aromatic carbocycles. The lowest BCUT2D eigenvalue weighted by Gasteiger charge is -2.35. The Bertz CT molecular complexity index is 369. The second-order valence-electron chi connectivity index (χ2n) is 5.75. The number of morpholine rings is 2. The van der Waals surface area contributed by atoms with Crippen LogP contribution in [0.1, 0.15) is 13.8 Å². The summed E-state index contributed by atoms with van der Waals surface area (Å²) in [5, 5.41) is 2.86. The molecule has 1 unspecified atom stereocenters. The number of carbonyl (C=O) groups excluding carboxylic acids is 2. The fourth-order valence-corrected chi connectivity index (χ4v) is 2.55. The smallest absolute Gasteiger partial charge is 0.253 e. The van der Waals surface area contributed by atoms with Gasteiger partial charge < -0.3 is 19.7 Å². The van der Waals surface area contributed by atoms with Crippen LogP contribution in [0.3, 0.4) is 0 Å². The van der Waals surface area contributed by atoms with E-state index >= 15 is 0 Å². The summed E-state index contributed by atoms with van der Waals surface area (Å²) in [6, 6.07) is 0.129. The van der Waals surface area contributed by atoms with E-state index in [0.717, 1.165) is 0 Å².